The van der Waals surface area contributed by atoms with E-state index in [2.05, 4.69) is 39.8 Å². The Balaban J connectivity index is 1.38. The molecule has 0 bridgehead atoms. The molecule has 0 unspecified atom stereocenters. The Morgan fingerprint density at radius 2 is 1.90 bits per heavy atom. The van der Waals surface area contributed by atoms with Gasteiger partial charge in [0.25, 0.3) is 0 Å². The van der Waals surface area contributed by atoms with Gasteiger partial charge in [0.05, 0.1) is 13.2 Å². The summed E-state index contributed by atoms with van der Waals surface area (Å²) in [4.78, 5) is 28.3. The Labute approximate surface area is 185 Å². The zero-order valence-corrected chi connectivity index (χ0v) is 18.2. The van der Waals surface area contributed by atoms with Gasteiger partial charge in [0.1, 0.15) is 5.75 Å². The maximum atomic E-state index is 12.5. The lowest BCUT2D eigenvalue weighted by molar-refractivity contribution is -0.139. The molecule has 160 valence electrons. The third kappa shape index (κ3) is 4.88. The van der Waals surface area contributed by atoms with Crippen molar-refractivity contribution in [2.75, 3.05) is 25.1 Å². The van der Waals surface area contributed by atoms with Crippen LogP contribution in [0.4, 0.5) is 5.69 Å². The monoisotopic (exact) mass is 435 g/mol. The minimum atomic E-state index is -0.644. The highest BCUT2D eigenvalue weighted by atomic mass is 32.1. The Kier molecular flexibility index (Phi) is 6.52. The molecule has 7 heteroatoms. The zero-order valence-electron chi connectivity index (χ0n) is 17.3. The molecular formula is C24H25N3O3S. The Hall–Kier alpha value is -3.32. The summed E-state index contributed by atoms with van der Waals surface area (Å²) in [6.45, 7) is 1.51. The van der Waals surface area contributed by atoms with E-state index in [1.54, 1.807) is 18.4 Å². The van der Waals surface area contributed by atoms with E-state index in [4.69, 9.17) is 4.74 Å². The molecule has 0 aliphatic carbocycles. The highest BCUT2D eigenvalue weighted by Crippen LogP contribution is 2.36. The lowest BCUT2D eigenvalue weighted by Crippen LogP contribution is -2.43. The molecular weight excluding hydrogens is 410 g/mol. The number of thiophene rings is 1. The number of carbonyl (C=O) groups excluding carboxylic acids is 2. The van der Waals surface area contributed by atoms with Crippen LogP contribution in [-0.2, 0) is 22.6 Å². The SMILES string of the molecule is COc1cccc(CNC(=O)C(=O)NC[C@H](c2cccs2)N2CCc3ccccc32)c1. The number of carbonyl (C=O) groups is 2. The van der Waals surface area contributed by atoms with Gasteiger partial charge in [-0.2, -0.15) is 0 Å². The van der Waals surface area contributed by atoms with E-state index in [1.807, 2.05) is 41.8 Å². The van der Waals surface area contributed by atoms with Crippen LogP contribution in [0.1, 0.15) is 22.0 Å². The summed E-state index contributed by atoms with van der Waals surface area (Å²) in [6.07, 6.45) is 0.979. The van der Waals surface area contributed by atoms with Crippen molar-refractivity contribution in [3.05, 3.63) is 82.0 Å². The van der Waals surface area contributed by atoms with Gasteiger partial charge >= 0.3 is 11.8 Å². The molecule has 2 N–H and O–H groups in total. The molecule has 0 saturated heterocycles. The first-order chi connectivity index (χ1) is 15.2. The summed E-state index contributed by atoms with van der Waals surface area (Å²) in [7, 11) is 1.59. The third-order valence-corrected chi connectivity index (χ3v) is 6.39. The minimum absolute atomic E-state index is 0.0150. The van der Waals surface area contributed by atoms with Gasteiger partial charge in [-0.05, 0) is 47.2 Å². The van der Waals surface area contributed by atoms with Crippen molar-refractivity contribution in [1.29, 1.82) is 0 Å². The third-order valence-electron chi connectivity index (χ3n) is 5.42. The van der Waals surface area contributed by atoms with Crippen LogP contribution in [0.25, 0.3) is 0 Å². The number of rotatable bonds is 7. The van der Waals surface area contributed by atoms with E-state index in [9.17, 15) is 9.59 Å². The van der Waals surface area contributed by atoms with Crippen molar-refractivity contribution in [3.8, 4) is 5.75 Å². The number of fused-ring (bicyclic) bond motifs is 1. The first-order valence-electron chi connectivity index (χ1n) is 10.2. The summed E-state index contributed by atoms with van der Waals surface area (Å²) in [5, 5.41) is 7.54. The number of nitrogens with one attached hydrogen (secondary N) is 2. The smallest absolute Gasteiger partial charge is 0.309 e. The molecule has 6 nitrogen and oxygen atoms in total. The second kappa shape index (κ2) is 9.66. The zero-order chi connectivity index (χ0) is 21.6. The highest BCUT2D eigenvalue weighted by Gasteiger charge is 2.28. The van der Waals surface area contributed by atoms with Crippen molar-refractivity contribution in [1.82, 2.24) is 10.6 Å². The van der Waals surface area contributed by atoms with Gasteiger partial charge in [-0.1, -0.05) is 36.4 Å². The average Bonchev–Trinajstić information content (AvgIpc) is 3.48. The molecule has 1 aromatic heterocycles. The first kappa shape index (κ1) is 20.9. The maximum absolute atomic E-state index is 12.5. The van der Waals surface area contributed by atoms with Crippen molar-refractivity contribution >= 4 is 28.8 Å². The van der Waals surface area contributed by atoms with E-state index >= 15 is 0 Å². The van der Waals surface area contributed by atoms with Crippen LogP contribution in [0.3, 0.4) is 0 Å². The van der Waals surface area contributed by atoms with Crippen LogP contribution < -0.4 is 20.3 Å². The number of ether oxygens (including phenoxy) is 1. The fourth-order valence-electron chi connectivity index (χ4n) is 3.85. The van der Waals surface area contributed by atoms with Crippen molar-refractivity contribution in [3.63, 3.8) is 0 Å². The molecule has 31 heavy (non-hydrogen) atoms. The predicted octanol–water partition coefficient (Wildman–Crippen LogP) is 3.29. The van der Waals surface area contributed by atoms with Crippen molar-refractivity contribution in [2.45, 2.75) is 19.0 Å². The van der Waals surface area contributed by atoms with Gasteiger partial charge < -0.3 is 20.3 Å². The fraction of sp³-hybridized carbons (Fsp3) is 0.250. The van der Waals surface area contributed by atoms with Gasteiger partial charge in [-0.25, -0.2) is 0 Å². The van der Waals surface area contributed by atoms with Crippen molar-refractivity contribution in [2.24, 2.45) is 0 Å². The molecule has 1 aliphatic rings. The molecule has 0 fully saturated rings. The molecule has 0 spiro atoms. The van der Waals surface area contributed by atoms with Crippen LogP contribution in [0.5, 0.6) is 5.75 Å². The number of benzene rings is 2. The van der Waals surface area contributed by atoms with E-state index in [-0.39, 0.29) is 12.6 Å². The quantitative estimate of drug-likeness (QED) is 0.559. The molecule has 0 saturated carbocycles. The number of methoxy groups -OCH3 is 1. The number of para-hydroxylation sites is 1. The first-order valence-corrected chi connectivity index (χ1v) is 11.1. The van der Waals surface area contributed by atoms with E-state index in [0.29, 0.717) is 12.3 Å². The number of anilines is 1. The van der Waals surface area contributed by atoms with Crippen LogP contribution >= 0.6 is 11.3 Å². The van der Waals surface area contributed by atoms with E-state index in [0.717, 1.165) is 23.4 Å². The minimum Gasteiger partial charge on any atom is -0.497 e. The molecule has 1 atom stereocenters. The summed E-state index contributed by atoms with van der Waals surface area (Å²) in [6, 6.07) is 19.8. The summed E-state index contributed by atoms with van der Waals surface area (Å²) in [5.74, 6) is -0.563. The van der Waals surface area contributed by atoms with Crippen molar-refractivity contribution < 1.29 is 14.3 Å². The van der Waals surface area contributed by atoms with E-state index < -0.39 is 11.8 Å². The Bertz CT molecular complexity index is 1050. The van der Waals surface area contributed by atoms with Gasteiger partial charge in [0.2, 0.25) is 0 Å². The maximum Gasteiger partial charge on any atom is 0.309 e. The standard InChI is InChI=1S/C24H25N3O3S/c1-30-19-8-4-6-17(14-19)15-25-23(28)24(29)26-16-21(22-10-5-13-31-22)27-12-11-18-7-2-3-9-20(18)27/h2-10,13-14,21H,11-12,15-16H2,1H3,(H,25,28)(H,26,29)/t21-/m1/s1. The predicted molar refractivity (Wildman–Crippen MR) is 122 cm³/mol. The number of nitrogens with zero attached hydrogens (tertiary/aromatic N) is 1. The van der Waals surface area contributed by atoms with Gasteiger partial charge in [0, 0.05) is 30.2 Å². The van der Waals surface area contributed by atoms with Gasteiger partial charge in [0.15, 0.2) is 0 Å². The highest BCUT2D eigenvalue weighted by molar-refractivity contribution is 7.10. The molecule has 1 aliphatic heterocycles. The van der Waals surface area contributed by atoms with Gasteiger partial charge in [-0.3, -0.25) is 9.59 Å². The van der Waals surface area contributed by atoms with Crippen LogP contribution in [0.15, 0.2) is 66.0 Å². The summed E-state index contributed by atoms with van der Waals surface area (Å²) in [5.41, 5.74) is 3.37. The largest absolute Gasteiger partial charge is 0.497 e. The number of hydrogen-bond acceptors (Lipinski definition) is 5. The fourth-order valence-corrected chi connectivity index (χ4v) is 4.69. The topological polar surface area (TPSA) is 70.7 Å². The molecule has 4 rings (SSSR count). The summed E-state index contributed by atoms with van der Waals surface area (Å²) < 4.78 is 5.19. The second-order valence-corrected chi connectivity index (χ2v) is 8.33. The molecule has 2 aromatic carbocycles. The normalized spacial score (nSPS) is 13.4. The molecule has 2 heterocycles. The lowest BCUT2D eigenvalue weighted by atomic mass is 10.1. The van der Waals surface area contributed by atoms with Gasteiger partial charge in [-0.15, -0.1) is 11.3 Å². The van der Waals surface area contributed by atoms with E-state index in [1.165, 1.54) is 11.3 Å². The molecule has 0 radical (unpaired) electrons. The van der Waals surface area contributed by atoms with Crippen LogP contribution in [0.2, 0.25) is 0 Å². The lowest BCUT2D eigenvalue weighted by Gasteiger charge is -2.30. The Morgan fingerprint density at radius 3 is 2.71 bits per heavy atom. The van der Waals surface area contributed by atoms with Crippen LogP contribution in [0, 0.1) is 0 Å². The average molecular weight is 436 g/mol. The molecule has 3 aromatic rings. The Morgan fingerprint density at radius 1 is 1.06 bits per heavy atom. The number of hydrogen-bond donors (Lipinski definition) is 2. The summed E-state index contributed by atoms with van der Waals surface area (Å²) >= 11 is 1.66. The second-order valence-electron chi connectivity index (χ2n) is 7.35. The number of amides is 2. The van der Waals surface area contributed by atoms with Crippen LogP contribution in [-0.4, -0.2) is 32.0 Å². The molecule has 2 amide bonds.